The van der Waals surface area contributed by atoms with Crippen LogP contribution in [0.2, 0.25) is 5.02 Å². The molecule has 3 nitrogen and oxygen atoms in total. The standard InChI is InChI=1S/C21H25ClN2O/c1-3-21(25)24-9-5-7-18(14-24)20-13-17(10-15(2)23-20)11-16-6-4-8-19(22)12-16/h4,6,8,10,12-13,18H,3,5,7,9,11,14H2,1-2H3/t18-/m1/s1. The Bertz CT molecular complexity index is 759. The van der Waals surface area contributed by atoms with Gasteiger partial charge in [-0.2, -0.15) is 0 Å². The number of amides is 1. The lowest BCUT2D eigenvalue weighted by molar-refractivity contribution is -0.132. The molecule has 1 aliphatic rings. The number of likely N-dealkylation sites (tertiary alicyclic amines) is 1. The molecule has 0 radical (unpaired) electrons. The molecule has 132 valence electrons. The van der Waals surface area contributed by atoms with Crippen molar-refractivity contribution in [1.82, 2.24) is 9.88 Å². The summed E-state index contributed by atoms with van der Waals surface area (Å²) in [5, 5.41) is 0.768. The van der Waals surface area contributed by atoms with Gasteiger partial charge in [0.05, 0.1) is 0 Å². The fourth-order valence-electron chi connectivity index (χ4n) is 3.63. The van der Waals surface area contributed by atoms with Crippen molar-refractivity contribution >= 4 is 17.5 Å². The van der Waals surface area contributed by atoms with Crippen LogP contribution in [0.15, 0.2) is 36.4 Å². The summed E-state index contributed by atoms with van der Waals surface area (Å²) in [6, 6.07) is 12.3. The summed E-state index contributed by atoms with van der Waals surface area (Å²) < 4.78 is 0. The third-order valence-electron chi connectivity index (χ3n) is 4.83. The second kappa shape index (κ2) is 8.01. The van der Waals surface area contributed by atoms with Gasteiger partial charge in [0.15, 0.2) is 0 Å². The van der Waals surface area contributed by atoms with Gasteiger partial charge in [-0.05, 0) is 61.6 Å². The lowest BCUT2D eigenvalue weighted by Gasteiger charge is -2.32. The first-order valence-corrected chi connectivity index (χ1v) is 9.42. The summed E-state index contributed by atoms with van der Waals surface area (Å²) in [6.07, 6.45) is 3.57. The Hall–Kier alpha value is -1.87. The zero-order valence-electron chi connectivity index (χ0n) is 15.0. The maximum absolute atomic E-state index is 12.0. The lowest BCUT2D eigenvalue weighted by Crippen LogP contribution is -2.38. The smallest absolute Gasteiger partial charge is 0.222 e. The van der Waals surface area contributed by atoms with Crippen LogP contribution in [0, 0.1) is 6.92 Å². The van der Waals surface area contributed by atoms with Crippen LogP contribution in [-0.2, 0) is 11.2 Å². The summed E-state index contributed by atoms with van der Waals surface area (Å²) in [6.45, 7) is 5.65. The van der Waals surface area contributed by atoms with Gasteiger partial charge in [-0.1, -0.05) is 30.7 Å². The highest BCUT2D eigenvalue weighted by Crippen LogP contribution is 2.27. The van der Waals surface area contributed by atoms with E-state index in [4.69, 9.17) is 16.6 Å². The van der Waals surface area contributed by atoms with Gasteiger partial charge >= 0.3 is 0 Å². The predicted octanol–water partition coefficient (Wildman–Crippen LogP) is 4.75. The molecule has 25 heavy (non-hydrogen) atoms. The predicted molar refractivity (Wildman–Crippen MR) is 102 cm³/mol. The molecule has 2 aromatic rings. The van der Waals surface area contributed by atoms with E-state index in [1.165, 1.54) is 11.1 Å². The van der Waals surface area contributed by atoms with Gasteiger partial charge in [0.1, 0.15) is 0 Å². The van der Waals surface area contributed by atoms with Crippen LogP contribution in [0.4, 0.5) is 0 Å². The molecule has 0 spiro atoms. The summed E-state index contributed by atoms with van der Waals surface area (Å²) in [7, 11) is 0. The van der Waals surface area contributed by atoms with E-state index >= 15 is 0 Å². The molecule has 1 aliphatic heterocycles. The Morgan fingerprint density at radius 3 is 2.88 bits per heavy atom. The Labute approximate surface area is 155 Å². The molecule has 1 atom stereocenters. The number of hydrogen-bond acceptors (Lipinski definition) is 2. The van der Waals surface area contributed by atoms with Gasteiger partial charge in [-0.15, -0.1) is 0 Å². The van der Waals surface area contributed by atoms with Gasteiger partial charge in [-0.3, -0.25) is 9.78 Å². The van der Waals surface area contributed by atoms with Crippen LogP contribution in [0.1, 0.15) is 54.6 Å². The van der Waals surface area contributed by atoms with E-state index < -0.39 is 0 Å². The van der Waals surface area contributed by atoms with Crippen molar-refractivity contribution in [3.63, 3.8) is 0 Å². The quantitative estimate of drug-likeness (QED) is 0.792. The Morgan fingerprint density at radius 2 is 2.12 bits per heavy atom. The highest BCUT2D eigenvalue weighted by Gasteiger charge is 2.25. The Kier molecular flexibility index (Phi) is 5.74. The zero-order chi connectivity index (χ0) is 17.8. The zero-order valence-corrected chi connectivity index (χ0v) is 15.7. The fraction of sp³-hybridized carbons (Fsp3) is 0.429. The Morgan fingerprint density at radius 1 is 1.28 bits per heavy atom. The molecule has 0 bridgehead atoms. The highest BCUT2D eigenvalue weighted by atomic mass is 35.5. The van der Waals surface area contributed by atoms with E-state index in [0.717, 1.165) is 48.8 Å². The van der Waals surface area contributed by atoms with E-state index in [-0.39, 0.29) is 5.91 Å². The molecule has 2 heterocycles. The number of nitrogens with zero attached hydrogens (tertiary/aromatic N) is 2. The molecule has 3 rings (SSSR count). The molecule has 0 saturated carbocycles. The van der Waals surface area contributed by atoms with Crippen LogP contribution >= 0.6 is 11.6 Å². The number of carbonyl (C=O) groups excluding carboxylic acids is 1. The molecule has 0 aliphatic carbocycles. The second-order valence-corrected chi connectivity index (χ2v) is 7.32. The first-order chi connectivity index (χ1) is 12.0. The molecule has 1 saturated heterocycles. The summed E-state index contributed by atoms with van der Waals surface area (Å²) in [4.78, 5) is 18.8. The minimum Gasteiger partial charge on any atom is -0.342 e. The van der Waals surface area contributed by atoms with Crippen LogP contribution < -0.4 is 0 Å². The Balaban J connectivity index is 1.80. The fourth-order valence-corrected chi connectivity index (χ4v) is 3.84. The molecule has 0 unspecified atom stereocenters. The number of hydrogen-bond donors (Lipinski definition) is 0. The molecular formula is C21H25ClN2O. The minimum absolute atomic E-state index is 0.247. The number of pyridine rings is 1. The number of halogens is 1. The van der Waals surface area contributed by atoms with Crippen molar-refractivity contribution in [3.8, 4) is 0 Å². The third kappa shape index (κ3) is 4.60. The van der Waals surface area contributed by atoms with Gasteiger partial charge in [0.25, 0.3) is 0 Å². The van der Waals surface area contributed by atoms with Gasteiger partial charge < -0.3 is 4.90 Å². The number of rotatable bonds is 4. The first-order valence-electron chi connectivity index (χ1n) is 9.05. The molecule has 1 amide bonds. The van der Waals surface area contributed by atoms with Crippen LogP contribution in [0.5, 0.6) is 0 Å². The van der Waals surface area contributed by atoms with Gasteiger partial charge in [0.2, 0.25) is 5.91 Å². The lowest BCUT2D eigenvalue weighted by atomic mass is 9.92. The molecule has 1 aromatic heterocycles. The minimum atomic E-state index is 0.247. The van der Waals surface area contributed by atoms with E-state index in [9.17, 15) is 4.79 Å². The van der Waals surface area contributed by atoms with Crippen LogP contribution in [-0.4, -0.2) is 28.9 Å². The van der Waals surface area contributed by atoms with E-state index in [1.807, 2.05) is 36.9 Å². The molecule has 1 aromatic carbocycles. The van der Waals surface area contributed by atoms with E-state index in [1.54, 1.807) is 0 Å². The molecule has 1 fully saturated rings. The third-order valence-corrected chi connectivity index (χ3v) is 5.06. The number of benzene rings is 1. The second-order valence-electron chi connectivity index (χ2n) is 6.88. The van der Waals surface area contributed by atoms with E-state index in [0.29, 0.717) is 12.3 Å². The average molecular weight is 357 g/mol. The van der Waals surface area contributed by atoms with Gasteiger partial charge in [-0.25, -0.2) is 0 Å². The van der Waals surface area contributed by atoms with Crippen molar-refractivity contribution in [3.05, 3.63) is 63.9 Å². The van der Waals surface area contributed by atoms with Crippen LogP contribution in [0.3, 0.4) is 0 Å². The summed E-state index contributed by atoms with van der Waals surface area (Å²) in [5.41, 5.74) is 4.61. The topological polar surface area (TPSA) is 33.2 Å². The van der Waals surface area contributed by atoms with Crippen molar-refractivity contribution in [1.29, 1.82) is 0 Å². The number of aromatic nitrogens is 1. The summed E-state index contributed by atoms with van der Waals surface area (Å²) >= 11 is 6.10. The van der Waals surface area contributed by atoms with Crippen molar-refractivity contribution in [2.75, 3.05) is 13.1 Å². The summed E-state index contributed by atoms with van der Waals surface area (Å²) in [5.74, 6) is 0.582. The molecule has 0 N–H and O–H groups in total. The number of carbonyl (C=O) groups is 1. The van der Waals surface area contributed by atoms with E-state index in [2.05, 4.69) is 18.2 Å². The largest absolute Gasteiger partial charge is 0.342 e. The average Bonchev–Trinajstić information content (AvgIpc) is 2.60. The first kappa shape index (κ1) is 17.9. The maximum Gasteiger partial charge on any atom is 0.222 e. The van der Waals surface area contributed by atoms with Gasteiger partial charge in [0, 0.05) is 41.8 Å². The monoisotopic (exact) mass is 356 g/mol. The maximum atomic E-state index is 12.0. The SMILES string of the molecule is CCC(=O)N1CCC[C@@H](c2cc(Cc3cccc(Cl)c3)cc(C)n2)C1. The normalized spacial score (nSPS) is 17.6. The molecular weight excluding hydrogens is 332 g/mol. The van der Waals surface area contributed by atoms with Crippen LogP contribution in [0.25, 0.3) is 0 Å². The van der Waals surface area contributed by atoms with Crippen molar-refractivity contribution in [2.45, 2.75) is 45.4 Å². The number of piperidine rings is 1. The molecule has 4 heteroatoms. The van der Waals surface area contributed by atoms with Crippen molar-refractivity contribution < 1.29 is 4.79 Å². The van der Waals surface area contributed by atoms with Crippen molar-refractivity contribution in [2.24, 2.45) is 0 Å². The highest BCUT2D eigenvalue weighted by molar-refractivity contribution is 6.30. The number of aryl methyl sites for hydroxylation is 1.